The maximum atomic E-state index is 9.12. The summed E-state index contributed by atoms with van der Waals surface area (Å²) >= 11 is 6.20. The van der Waals surface area contributed by atoms with Gasteiger partial charge in [0.1, 0.15) is 0 Å². The van der Waals surface area contributed by atoms with Crippen LogP contribution >= 0.6 is 11.6 Å². The molecule has 2 rings (SSSR count). The summed E-state index contributed by atoms with van der Waals surface area (Å²) in [6, 6.07) is 8.55. The Balaban J connectivity index is 2.33. The van der Waals surface area contributed by atoms with Gasteiger partial charge in [-0.1, -0.05) is 17.7 Å². The Hall–Kier alpha value is -1.20. The number of hydrogen-bond donors (Lipinski definition) is 0. The Bertz CT molecular complexity index is 488. The number of nitriles is 1. The third-order valence-electron chi connectivity index (χ3n) is 3.89. The molecular formula is C15H19ClN2. The van der Waals surface area contributed by atoms with Crippen LogP contribution in [0.2, 0.25) is 5.02 Å². The number of halogens is 1. The van der Waals surface area contributed by atoms with Gasteiger partial charge in [0.2, 0.25) is 0 Å². The lowest BCUT2D eigenvalue weighted by Gasteiger charge is -2.46. The van der Waals surface area contributed by atoms with Crippen LogP contribution in [0, 0.1) is 24.2 Å². The van der Waals surface area contributed by atoms with Crippen molar-refractivity contribution in [3.05, 3.63) is 28.8 Å². The first-order valence-corrected chi connectivity index (χ1v) is 6.75. The van der Waals surface area contributed by atoms with Crippen molar-refractivity contribution in [2.24, 2.45) is 5.92 Å². The van der Waals surface area contributed by atoms with Gasteiger partial charge in [-0.15, -0.1) is 0 Å². The highest BCUT2D eigenvalue weighted by molar-refractivity contribution is 6.31. The lowest BCUT2D eigenvalue weighted by Crippen LogP contribution is -2.50. The molecule has 1 atom stereocenters. The second-order valence-electron chi connectivity index (χ2n) is 5.72. The first kappa shape index (κ1) is 13.2. The zero-order chi connectivity index (χ0) is 13.3. The average molecular weight is 263 g/mol. The molecule has 1 fully saturated rings. The molecule has 0 amide bonds. The highest BCUT2D eigenvalue weighted by atomic mass is 35.5. The first-order chi connectivity index (χ1) is 8.44. The van der Waals surface area contributed by atoms with E-state index in [-0.39, 0.29) is 11.5 Å². The van der Waals surface area contributed by atoms with Gasteiger partial charge in [0.15, 0.2) is 0 Å². The molecular weight excluding hydrogens is 244 g/mol. The zero-order valence-corrected chi connectivity index (χ0v) is 12.0. The van der Waals surface area contributed by atoms with Crippen molar-refractivity contribution >= 4 is 17.3 Å². The van der Waals surface area contributed by atoms with Crippen LogP contribution in [0.25, 0.3) is 0 Å². The second kappa shape index (κ2) is 4.82. The molecule has 0 aromatic heterocycles. The summed E-state index contributed by atoms with van der Waals surface area (Å²) < 4.78 is 0. The molecule has 0 N–H and O–H groups in total. The quantitative estimate of drug-likeness (QED) is 0.760. The highest BCUT2D eigenvalue weighted by Gasteiger charge is 2.34. The maximum absolute atomic E-state index is 9.12. The first-order valence-electron chi connectivity index (χ1n) is 6.37. The molecule has 0 radical (unpaired) electrons. The Labute approximate surface area is 114 Å². The van der Waals surface area contributed by atoms with E-state index in [0.29, 0.717) is 0 Å². The van der Waals surface area contributed by atoms with Gasteiger partial charge in [0.05, 0.1) is 12.0 Å². The van der Waals surface area contributed by atoms with Gasteiger partial charge < -0.3 is 4.90 Å². The van der Waals surface area contributed by atoms with E-state index < -0.39 is 0 Å². The van der Waals surface area contributed by atoms with Crippen molar-refractivity contribution in [3.63, 3.8) is 0 Å². The van der Waals surface area contributed by atoms with E-state index >= 15 is 0 Å². The number of hydrogen-bond acceptors (Lipinski definition) is 2. The number of nitrogens with zero attached hydrogens (tertiary/aromatic N) is 2. The predicted molar refractivity (Wildman–Crippen MR) is 76.0 cm³/mol. The lowest BCUT2D eigenvalue weighted by molar-refractivity contribution is 0.325. The van der Waals surface area contributed by atoms with Crippen molar-refractivity contribution in [2.45, 2.75) is 39.2 Å². The summed E-state index contributed by atoms with van der Waals surface area (Å²) in [7, 11) is 0. The minimum absolute atomic E-state index is 0.0892. The average Bonchev–Trinajstić information content (AvgIpc) is 2.33. The maximum Gasteiger partial charge on any atom is 0.0674 e. The summed E-state index contributed by atoms with van der Waals surface area (Å²) in [5.74, 6) is 0.123. The SMILES string of the molecule is Cc1ccc(N2CC(C#N)CCC2(C)C)cc1Cl. The van der Waals surface area contributed by atoms with Gasteiger partial charge in [-0.05, 0) is 51.3 Å². The van der Waals surface area contributed by atoms with Crippen molar-refractivity contribution < 1.29 is 0 Å². The van der Waals surface area contributed by atoms with Crippen LogP contribution in [0.1, 0.15) is 32.3 Å². The molecule has 96 valence electrons. The summed E-state index contributed by atoms with van der Waals surface area (Å²) in [6.07, 6.45) is 2.02. The lowest BCUT2D eigenvalue weighted by atomic mass is 9.85. The number of rotatable bonds is 1. The van der Waals surface area contributed by atoms with Crippen LogP contribution in [0.15, 0.2) is 18.2 Å². The van der Waals surface area contributed by atoms with Crippen molar-refractivity contribution in [3.8, 4) is 6.07 Å². The summed E-state index contributed by atoms with van der Waals surface area (Å²) in [4.78, 5) is 2.32. The minimum Gasteiger partial charge on any atom is -0.365 e. The molecule has 1 aliphatic heterocycles. The van der Waals surface area contributed by atoms with Crippen LogP contribution in [-0.2, 0) is 0 Å². The van der Waals surface area contributed by atoms with Crippen LogP contribution in [0.3, 0.4) is 0 Å². The van der Waals surface area contributed by atoms with Gasteiger partial charge in [-0.2, -0.15) is 5.26 Å². The van der Waals surface area contributed by atoms with Gasteiger partial charge in [-0.3, -0.25) is 0 Å². The molecule has 0 saturated carbocycles. The van der Waals surface area contributed by atoms with Crippen molar-refractivity contribution in [2.75, 3.05) is 11.4 Å². The van der Waals surface area contributed by atoms with E-state index in [4.69, 9.17) is 16.9 Å². The van der Waals surface area contributed by atoms with E-state index in [1.54, 1.807) is 0 Å². The smallest absolute Gasteiger partial charge is 0.0674 e. The molecule has 18 heavy (non-hydrogen) atoms. The fraction of sp³-hybridized carbons (Fsp3) is 0.533. The van der Waals surface area contributed by atoms with Crippen LogP contribution in [0.5, 0.6) is 0 Å². The van der Waals surface area contributed by atoms with Crippen LogP contribution in [0.4, 0.5) is 5.69 Å². The molecule has 1 aromatic carbocycles. The van der Waals surface area contributed by atoms with Gasteiger partial charge in [0, 0.05) is 22.8 Å². The normalized spacial score (nSPS) is 22.6. The van der Waals surface area contributed by atoms with Crippen LogP contribution in [-0.4, -0.2) is 12.1 Å². The van der Waals surface area contributed by atoms with Crippen molar-refractivity contribution in [1.82, 2.24) is 0 Å². The minimum atomic E-state index is 0.0892. The number of anilines is 1. The van der Waals surface area contributed by atoms with E-state index in [1.807, 2.05) is 19.1 Å². The third-order valence-corrected chi connectivity index (χ3v) is 4.30. The summed E-state index contributed by atoms with van der Waals surface area (Å²) in [5.41, 5.74) is 2.30. The molecule has 3 heteroatoms. The monoisotopic (exact) mass is 262 g/mol. The Kier molecular flexibility index (Phi) is 3.54. The number of benzene rings is 1. The molecule has 0 bridgehead atoms. The predicted octanol–water partition coefficient (Wildman–Crippen LogP) is 4.17. The fourth-order valence-electron chi connectivity index (χ4n) is 2.53. The summed E-state index contributed by atoms with van der Waals surface area (Å²) in [6.45, 7) is 7.26. The molecule has 0 aliphatic carbocycles. The van der Waals surface area contributed by atoms with E-state index in [0.717, 1.165) is 35.7 Å². The van der Waals surface area contributed by atoms with Gasteiger partial charge >= 0.3 is 0 Å². The molecule has 1 saturated heterocycles. The topological polar surface area (TPSA) is 27.0 Å². The third kappa shape index (κ3) is 2.47. The van der Waals surface area contributed by atoms with Crippen LogP contribution < -0.4 is 4.90 Å². The summed E-state index contributed by atoms with van der Waals surface area (Å²) in [5, 5.41) is 9.92. The Morgan fingerprint density at radius 2 is 2.17 bits per heavy atom. The fourth-order valence-corrected chi connectivity index (χ4v) is 2.71. The molecule has 1 aromatic rings. The molecule has 1 heterocycles. The number of aryl methyl sites for hydroxylation is 1. The molecule has 1 unspecified atom stereocenters. The van der Waals surface area contributed by atoms with E-state index in [2.05, 4.69) is 30.9 Å². The van der Waals surface area contributed by atoms with E-state index in [1.165, 1.54) is 0 Å². The largest absolute Gasteiger partial charge is 0.365 e. The van der Waals surface area contributed by atoms with E-state index in [9.17, 15) is 0 Å². The molecule has 1 aliphatic rings. The molecule has 2 nitrogen and oxygen atoms in total. The standard InChI is InChI=1S/C15H19ClN2/c1-11-4-5-13(8-14(11)16)18-10-12(9-17)6-7-15(18,2)3/h4-5,8,12H,6-7,10H2,1-3H3. The molecule has 0 spiro atoms. The van der Waals surface area contributed by atoms with Gasteiger partial charge in [-0.25, -0.2) is 0 Å². The second-order valence-corrected chi connectivity index (χ2v) is 6.13. The Morgan fingerprint density at radius 1 is 1.44 bits per heavy atom. The highest BCUT2D eigenvalue weighted by Crippen LogP contribution is 2.36. The Morgan fingerprint density at radius 3 is 2.78 bits per heavy atom. The zero-order valence-electron chi connectivity index (χ0n) is 11.2. The van der Waals surface area contributed by atoms with Crippen molar-refractivity contribution in [1.29, 1.82) is 5.26 Å². The number of piperidine rings is 1. The van der Waals surface area contributed by atoms with Gasteiger partial charge in [0.25, 0.3) is 0 Å².